The zero-order valence-corrected chi connectivity index (χ0v) is 13.5. The van der Waals surface area contributed by atoms with Crippen LogP contribution in [-0.2, 0) is 19.5 Å². The Morgan fingerprint density at radius 3 is 2.50 bits per heavy atom. The molecule has 4 nitrogen and oxygen atoms in total. The first-order chi connectivity index (χ1) is 10.7. The second-order valence-electron chi connectivity index (χ2n) is 5.64. The van der Waals surface area contributed by atoms with E-state index >= 15 is 0 Å². The number of nitrogens with zero attached hydrogens (tertiary/aromatic N) is 2. The van der Waals surface area contributed by atoms with Crippen molar-refractivity contribution in [2.75, 3.05) is 0 Å². The van der Waals surface area contributed by atoms with Crippen LogP contribution < -0.4 is 4.57 Å². The fourth-order valence-electron chi connectivity index (χ4n) is 2.66. The van der Waals surface area contributed by atoms with Crippen LogP contribution in [0.4, 0.5) is 0 Å². The monoisotopic (exact) mass is 301 g/mol. The predicted molar refractivity (Wildman–Crippen MR) is 86.0 cm³/mol. The van der Waals surface area contributed by atoms with Gasteiger partial charge in [-0.2, -0.15) is 0 Å². The van der Waals surface area contributed by atoms with Gasteiger partial charge in [-0.05, 0) is 30.5 Å². The molecule has 0 radical (unpaired) electrons. The molecule has 0 aliphatic heterocycles. The van der Waals surface area contributed by atoms with Gasteiger partial charge < -0.3 is 5.11 Å². The van der Waals surface area contributed by atoms with Crippen LogP contribution in [0.5, 0.6) is 0 Å². The highest BCUT2D eigenvalue weighted by Crippen LogP contribution is 2.07. The molecule has 0 saturated carbocycles. The topological polar surface area (TPSA) is 46.1 Å². The number of aromatic carboxylic acids is 1. The first-order valence-electron chi connectivity index (χ1n) is 8.05. The zero-order chi connectivity index (χ0) is 15.9. The summed E-state index contributed by atoms with van der Waals surface area (Å²) < 4.78 is 4.61. The molecule has 0 spiro atoms. The Labute approximate surface area is 132 Å². The highest BCUT2D eigenvalue weighted by Gasteiger charge is 2.16. The average Bonchev–Trinajstić information content (AvgIpc) is 2.88. The van der Waals surface area contributed by atoms with Gasteiger partial charge in [-0.1, -0.05) is 32.4 Å². The standard InChI is InChI=1S/C18H24N2O2/c1-3-5-6-17-19(11-4-2)12-13-20(17)14-15-7-9-16(10-8-15)18(21)22/h7-10,12-13H,3-6,11,14H2,1-2H3/p+1. The van der Waals surface area contributed by atoms with E-state index in [9.17, 15) is 4.79 Å². The quantitative estimate of drug-likeness (QED) is 0.761. The summed E-state index contributed by atoms with van der Waals surface area (Å²) in [6.07, 6.45) is 8.86. The molecule has 0 aliphatic carbocycles. The first kappa shape index (κ1) is 16.3. The number of hydrogen-bond acceptors (Lipinski definition) is 1. The lowest BCUT2D eigenvalue weighted by molar-refractivity contribution is -0.695. The molecule has 4 heteroatoms. The third-order valence-electron chi connectivity index (χ3n) is 3.86. The summed E-state index contributed by atoms with van der Waals surface area (Å²) in [5.74, 6) is 0.475. The molecule has 1 heterocycles. The van der Waals surface area contributed by atoms with Crippen molar-refractivity contribution >= 4 is 5.97 Å². The van der Waals surface area contributed by atoms with Crippen molar-refractivity contribution in [3.05, 3.63) is 53.6 Å². The Morgan fingerprint density at radius 2 is 1.91 bits per heavy atom. The molecule has 0 amide bonds. The molecule has 0 fully saturated rings. The molecule has 118 valence electrons. The number of carboxylic acids is 1. The highest BCUT2D eigenvalue weighted by atomic mass is 16.4. The molecule has 0 atom stereocenters. The maximum atomic E-state index is 10.9. The summed E-state index contributed by atoms with van der Waals surface area (Å²) in [5, 5.41) is 8.96. The SMILES string of the molecule is CCCCc1n(CCC)cc[n+]1Cc1ccc(C(=O)O)cc1. The fourth-order valence-corrected chi connectivity index (χ4v) is 2.66. The minimum atomic E-state index is -0.878. The van der Waals surface area contributed by atoms with Crippen LogP contribution in [0.3, 0.4) is 0 Å². The van der Waals surface area contributed by atoms with Crippen LogP contribution in [0.1, 0.15) is 54.9 Å². The minimum Gasteiger partial charge on any atom is -0.478 e. The number of benzene rings is 1. The minimum absolute atomic E-state index is 0.337. The van der Waals surface area contributed by atoms with Gasteiger partial charge in [0.2, 0.25) is 0 Å². The van der Waals surface area contributed by atoms with Crippen molar-refractivity contribution < 1.29 is 14.5 Å². The summed E-state index contributed by atoms with van der Waals surface area (Å²) in [6.45, 7) is 6.24. The Balaban J connectivity index is 2.18. The number of unbranched alkanes of at least 4 members (excludes halogenated alkanes) is 1. The van der Waals surface area contributed by atoms with Crippen LogP contribution in [-0.4, -0.2) is 15.6 Å². The van der Waals surface area contributed by atoms with Crippen LogP contribution in [0.15, 0.2) is 36.7 Å². The van der Waals surface area contributed by atoms with E-state index in [4.69, 9.17) is 5.11 Å². The lowest BCUT2D eigenvalue weighted by Crippen LogP contribution is -2.37. The van der Waals surface area contributed by atoms with E-state index in [1.807, 2.05) is 12.1 Å². The molecule has 1 N–H and O–H groups in total. The number of imidazole rings is 1. The number of aromatic nitrogens is 2. The molecule has 0 aliphatic rings. The molecular weight excluding hydrogens is 276 g/mol. The van der Waals surface area contributed by atoms with Crippen molar-refractivity contribution in [3.8, 4) is 0 Å². The van der Waals surface area contributed by atoms with E-state index in [-0.39, 0.29) is 0 Å². The lowest BCUT2D eigenvalue weighted by atomic mass is 10.1. The molecular formula is C18H25N2O2+. The van der Waals surface area contributed by atoms with E-state index in [1.165, 1.54) is 18.7 Å². The second-order valence-corrected chi connectivity index (χ2v) is 5.64. The number of carbonyl (C=O) groups is 1. The van der Waals surface area contributed by atoms with Gasteiger partial charge in [-0.15, -0.1) is 0 Å². The second kappa shape index (κ2) is 7.78. The van der Waals surface area contributed by atoms with Crippen molar-refractivity contribution in [3.63, 3.8) is 0 Å². The normalized spacial score (nSPS) is 10.8. The van der Waals surface area contributed by atoms with Gasteiger partial charge in [-0.25, -0.2) is 13.9 Å². The number of aryl methyl sites for hydroxylation is 1. The lowest BCUT2D eigenvalue weighted by Gasteiger charge is -2.05. The van der Waals surface area contributed by atoms with Gasteiger partial charge >= 0.3 is 5.97 Å². The highest BCUT2D eigenvalue weighted by molar-refractivity contribution is 5.87. The summed E-state index contributed by atoms with van der Waals surface area (Å²) in [5.41, 5.74) is 1.46. The fraction of sp³-hybridized carbons (Fsp3) is 0.444. The van der Waals surface area contributed by atoms with Gasteiger partial charge in [0, 0.05) is 6.42 Å². The largest absolute Gasteiger partial charge is 0.478 e. The average molecular weight is 301 g/mol. The van der Waals surface area contributed by atoms with Crippen LogP contribution in [0.2, 0.25) is 0 Å². The smallest absolute Gasteiger partial charge is 0.335 e. The van der Waals surface area contributed by atoms with Crippen LogP contribution >= 0.6 is 0 Å². The zero-order valence-electron chi connectivity index (χ0n) is 13.5. The Hall–Kier alpha value is -2.10. The van der Waals surface area contributed by atoms with Crippen LogP contribution in [0, 0.1) is 0 Å². The van der Waals surface area contributed by atoms with Gasteiger partial charge in [0.05, 0.1) is 12.1 Å². The molecule has 2 rings (SSSR count). The van der Waals surface area contributed by atoms with Gasteiger partial charge in [0.15, 0.2) is 0 Å². The van der Waals surface area contributed by atoms with E-state index in [2.05, 4.69) is 35.4 Å². The molecule has 0 unspecified atom stereocenters. The summed E-state index contributed by atoms with van der Waals surface area (Å²) in [6, 6.07) is 7.15. The predicted octanol–water partition coefficient (Wildman–Crippen LogP) is 3.27. The molecule has 0 saturated heterocycles. The van der Waals surface area contributed by atoms with Gasteiger partial charge in [0.25, 0.3) is 5.82 Å². The maximum absolute atomic E-state index is 10.9. The number of hydrogen-bond donors (Lipinski definition) is 1. The Bertz CT molecular complexity index is 615. The molecule has 1 aromatic heterocycles. The Morgan fingerprint density at radius 1 is 1.18 bits per heavy atom. The summed E-state index contributed by atoms with van der Waals surface area (Å²) >= 11 is 0. The first-order valence-corrected chi connectivity index (χ1v) is 8.05. The van der Waals surface area contributed by atoms with Crippen molar-refractivity contribution in [1.82, 2.24) is 4.57 Å². The van der Waals surface area contributed by atoms with Crippen LogP contribution in [0.25, 0.3) is 0 Å². The van der Waals surface area contributed by atoms with E-state index in [0.717, 1.165) is 31.5 Å². The van der Waals surface area contributed by atoms with Crippen molar-refractivity contribution in [1.29, 1.82) is 0 Å². The summed E-state index contributed by atoms with van der Waals surface area (Å²) in [4.78, 5) is 10.9. The van der Waals surface area contributed by atoms with E-state index in [1.54, 1.807) is 12.1 Å². The van der Waals surface area contributed by atoms with E-state index < -0.39 is 5.97 Å². The number of carboxylic acid groups (broad SMARTS) is 1. The Kier molecular flexibility index (Phi) is 5.75. The molecule has 22 heavy (non-hydrogen) atoms. The third kappa shape index (κ3) is 3.97. The van der Waals surface area contributed by atoms with Gasteiger partial charge in [-0.3, -0.25) is 0 Å². The summed E-state index contributed by atoms with van der Waals surface area (Å²) in [7, 11) is 0. The maximum Gasteiger partial charge on any atom is 0.335 e. The van der Waals surface area contributed by atoms with Crippen molar-refractivity contribution in [2.24, 2.45) is 0 Å². The molecule has 0 bridgehead atoms. The molecule has 2 aromatic rings. The number of rotatable bonds is 8. The third-order valence-corrected chi connectivity index (χ3v) is 3.86. The molecule has 1 aromatic carbocycles. The van der Waals surface area contributed by atoms with E-state index in [0.29, 0.717) is 5.56 Å². The van der Waals surface area contributed by atoms with Crippen molar-refractivity contribution in [2.45, 2.75) is 52.6 Å². The van der Waals surface area contributed by atoms with Gasteiger partial charge in [0.1, 0.15) is 18.9 Å².